The van der Waals surface area contributed by atoms with Crippen LogP contribution in [0.3, 0.4) is 0 Å². The molecule has 0 saturated carbocycles. The summed E-state index contributed by atoms with van der Waals surface area (Å²) in [5, 5.41) is 8.17. The Morgan fingerprint density at radius 1 is 1.13 bits per heavy atom. The number of nitrogens with one attached hydrogen (secondary N) is 1. The molecule has 3 aromatic rings. The van der Waals surface area contributed by atoms with Gasteiger partial charge in [-0.2, -0.15) is 14.9 Å². The fourth-order valence-electron chi connectivity index (χ4n) is 1.89. The first-order valence-electron chi connectivity index (χ1n) is 6.78. The van der Waals surface area contributed by atoms with Crippen molar-refractivity contribution in [1.29, 1.82) is 0 Å². The van der Waals surface area contributed by atoms with Crippen molar-refractivity contribution in [2.24, 2.45) is 5.10 Å². The van der Waals surface area contributed by atoms with Crippen molar-refractivity contribution in [3.8, 4) is 5.69 Å². The maximum atomic E-state index is 12.3. The van der Waals surface area contributed by atoms with E-state index in [4.69, 9.17) is 11.6 Å². The summed E-state index contributed by atoms with van der Waals surface area (Å²) in [6.07, 6.45) is 6.38. The van der Waals surface area contributed by atoms with E-state index in [1.165, 1.54) is 10.9 Å². The van der Waals surface area contributed by atoms with E-state index in [1.807, 2.05) is 18.2 Å². The number of hydrogen-bond donors (Lipinski definition) is 1. The normalized spacial score (nSPS) is 10.8. The molecule has 23 heavy (non-hydrogen) atoms. The number of hydrazone groups is 1. The first-order valence-corrected chi connectivity index (χ1v) is 7.16. The van der Waals surface area contributed by atoms with Gasteiger partial charge in [-0.05, 0) is 29.8 Å². The Morgan fingerprint density at radius 2 is 1.87 bits per heavy atom. The van der Waals surface area contributed by atoms with Gasteiger partial charge in [0, 0.05) is 12.4 Å². The predicted octanol–water partition coefficient (Wildman–Crippen LogP) is 2.73. The van der Waals surface area contributed by atoms with Crippen molar-refractivity contribution >= 4 is 23.5 Å². The number of aromatic nitrogens is 3. The van der Waals surface area contributed by atoms with E-state index in [2.05, 4.69) is 20.6 Å². The zero-order valence-corrected chi connectivity index (χ0v) is 12.7. The molecule has 0 aliphatic heterocycles. The molecule has 0 aliphatic rings. The molecule has 3 rings (SSSR count). The van der Waals surface area contributed by atoms with Crippen molar-refractivity contribution in [1.82, 2.24) is 14.8 Å². The summed E-state index contributed by atoms with van der Waals surface area (Å²) >= 11 is 6.11. The van der Waals surface area contributed by atoms with Gasteiger partial charge in [-0.15, -0.1) is 0 Å². The fraction of sp³-hybridized carbons (Fsp3) is 0. The molecule has 2 aromatic heterocycles. The molecule has 0 bridgehead atoms. The number of pyridine rings is 1. The number of hydrogen-bond acceptors (Lipinski definition) is 5. The van der Waals surface area contributed by atoms with E-state index in [-0.39, 0.29) is 5.02 Å². The van der Waals surface area contributed by atoms with Gasteiger partial charge in [-0.25, -0.2) is 0 Å². The molecular formula is C16H12ClN5O. The Hall–Kier alpha value is -2.99. The van der Waals surface area contributed by atoms with Crippen LogP contribution in [0, 0.1) is 0 Å². The standard InChI is InChI=1S/C16H12ClN5O/c17-15-14(21-19-10-12-6-8-18-9-7-12)11-20-22(16(15)23)13-4-2-1-3-5-13/h1-11,21H/b19-10-. The minimum atomic E-state index is -0.415. The van der Waals surface area contributed by atoms with Crippen molar-refractivity contribution in [2.45, 2.75) is 0 Å². The highest BCUT2D eigenvalue weighted by molar-refractivity contribution is 6.32. The molecule has 0 atom stereocenters. The number of nitrogens with zero attached hydrogens (tertiary/aromatic N) is 4. The summed E-state index contributed by atoms with van der Waals surface area (Å²) in [7, 11) is 0. The average Bonchev–Trinajstić information content (AvgIpc) is 2.60. The van der Waals surface area contributed by atoms with Crippen molar-refractivity contribution in [3.63, 3.8) is 0 Å². The van der Waals surface area contributed by atoms with Gasteiger partial charge in [0.1, 0.15) is 10.7 Å². The maximum Gasteiger partial charge on any atom is 0.292 e. The van der Waals surface area contributed by atoms with Gasteiger partial charge in [-0.3, -0.25) is 15.2 Å². The molecule has 0 radical (unpaired) electrons. The van der Waals surface area contributed by atoms with E-state index in [9.17, 15) is 4.79 Å². The van der Waals surface area contributed by atoms with Crippen LogP contribution in [0.15, 0.2) is 71.0 Å². The van der Waals surface area contributed by atoms with Crippen LogP contribution in [-0.4, -0.2) is 21.0 Å². The number of rotatable bonds is 4. The quantitative estimate of drug-likeness (QED) is 0.591. The molecular weight excluding hydrogens is 314 g/mol. The van der Waals surface area contributed by atoms with Crippen LogP contribution in [0.5, 0.6) is 0 Å². The van der Waals surface area contributed by atoms with Gasteiger partial charge in [0.25, 0.3) is 5.56 Å². The molecule has 6 nitrogen and oxygen atoms in total. The maximum absolute atomic E-state index is 12.3. The molecule has 7 heteroatoms. The largest absolute Gasteiger partial charge is 0.292 e. The molecule has 1 aromatic carbocycles. The van der Waals surface area contributed by atoms with Crippen LogP contribution in [-0.2, 0) is 0 Å². The van der Waals surface area contributed by atoms with Crippen molar-refractivity contribution in [2.75, 3.05) is 5.43 Å². The fourth-order valence-corrected chi connectivity index (χ4v) is 2.06. The number of halogens is 1. The molecule has 1 N–H and O–H groups in total. The Morgan fingerprint density at radius 3 is 2.61 bits per heavy atom. The molecule has 2 heterocycles. The lowest BCUT2D eigenvalue weighted by molar-refractivity contribution is 0.808. The van der Waals surface area contributed by atoms with Gasteiger partial charge >= 0.3 is 0 Å². The highest BCUT2D eigenvalue weighted by atomic mass is 35.5. The zero-order chi connectivity index (χ0) is 16.1. The lowest BCUT2D eigenvalue weighted by Gasteiger charge is -2.07. The number of anilines is 1. The van der Waals surface area contributed by atoms with E-state index < -0.39 is 5.56 Å². The number of benzene rings is 1. The third-order valence-electron chi connectivity index (χ3n) is 3.02. The summed E-state index contributed by atoms with van der Waals surface area (Å²) in [6, 6.07) is 12.7. The topological polar surface area (TPSA) is 72.2 Å². The molecule has 0 fully saturated rings. The third kappa shape index (κ3) is 3.44. The lowest BCUT2D eigenvalue weighted by atomic mass is 10.3. The first-order chi connectivity index (χ1) is 11.3. The van der Waals surface area contributed by atoms with Gasteiger partial charge in [-0.1, -0.05) is 29.8 Å². The summed E-state index contributed by atoms with van der Waals surface area (Å²) in [4.78, 5) is 16.2. The van der Waals surface area contributed by atoms with Crippen LogP contribution in [0.4, 0.5) is 5.69 Å². The van der Waals surface area contributed by atoms with Gasteiger partial charge in [0.15, 0.2) is 0 Å². The van der Waals surface area contributed by atoms with E-state index in [0.29, 0.717) is 11.4 Å². The van der Waals surface area contributed by atoms with Gasteiger partial charge < -0.3 is 0 Å². The molecule has 0 amide bonds. The molecule has 0 saturated heterocycles. The second-order valence-electron chi connectivity index (χ2n) is 4.58. The van der Waals surface area contributed by atoms with Crippen LogP contribution in [0.2, 0.25) is 5.02 Å². The zero-order valence-electron chi connectivity index (χ0n) is 11.9. The van der Waals surface area contributed by atoms with Gasteiger partial charge in [0.2, 0.25) is 0 Å². The second-order valence-corrected chi connectivity index (χ2v) is 4.95. The van der Waals surface area contributed by atoms with Crippen molar-refractivity contribution in [3.05, 3.63) is 82.0 Å². The first kappa shape index (κ1) is 14.9. The minimum absolute atomic E-state index is 0.0238. The Kier molecular flexibility index (Phi) is 4.44. The third-order valence-corrected chi connectivity index (χ3v) is 3.39. The van der Waals surface area contributed by atoms with Crippen LogP contribution in [0.25, 0.3) is 5.69 Å². The molecule has 114 valence electrons. The summed E-state index contributed by atoms with van der Waals surface area (Å²) < 4.78 is 1.24. The highest BCUT2D eigenvalue weighted by Gasteiger charge is 2.09. The SMILES string of the molecule is O=c1c(Cl)c(N/N=C\c2ccncc2)cnn1-c1ccccc1. The highest BCUT2D eigenvalue weighted by Crippen LogP contribution is 2.16. The summed E-state index contributed by atoms with van der Waals surface area (Å²) in [5.41, 5.74) is 4.16. The Balaban J connectivity index is 1.84. The second kappa shape index (κ2) is 6.85. The number of para-hydroxylation sites is 1. The summed E-state index contributed by atoms with van der Waals surface area (Å²) in [6.45, 7) is 0. The van der Waals surface area contributed by atoms with E-state index >= 15 is 0 Å². The molecule has 0 unspecified atom stereocenters. The average molecular weight is 326 g/mol. The Labute approximate surface area is 137 Å². The monoisotopic (exact) mass is 325 g/mol. The minimum Gasteiger partial charge on any atom is -0.275 e. The predicted molar refractivity (Wildman–Crippen MR) is 90.3 cm³/mol. The van der Waals surface area contributed by atoms with E-state index in [0.717, 1.165) is 5.56 Å². The van der Waals surface area contributed by atoms with Crippen molar-refractivity contribution < 1.29 is 0 Å². The lowest BCUT2D eigenvalue weighted by Crippen LogP contribution is -2.22. The molecule has 0 aliphatic carbocycles. The summed E-state index contributed by atoms with van der Waals surface area (Å²) in [5.74, 6) is 0. The van der Waals surface area contributed by atoms with Crippen LogP contribution < -0.4 is 11.0 Å². The Bertz CT molecular complexity index is 878. The van der Waals surface area contributed by atoms with Gasteiger partial charge in [0.05, 0.1) is 18.1 Å². The van der Waals surface area contributed by atoms with Crippen LogP contribution in [0.1, 0.15) is 5.56 Å². The smallest absolute Gasteiger partial charge is 0.275 e. The van der Waals surface area contributed by atoms with Crippen LogP contribution >= 0.6 is 11.6 Å². The molecule has 0 spiro atoms. The van der Waals surface area contributed by atoms with E-state index in [1.54, 1.807) is 42.9 Å².